The number of benzene rings is 1. The Morgan fingerprint density at radius 1 is 1.50 bits per heavy atom. The van der Waals surface area contributed by atoms with Crippen molar-refractivity contribution in [3.8, 4) is 0 Å². The maximum atomic E-state index is 11.9. The van der Waals surface area contributed by atoms with E-state index in [4.69, 9.17) is 22.1 Å². The van der Waals surface area contributed by atoms with Gasteiger partial charge in [-0.15, -0.1) is 24.2 Å². The van der Waals surface area contributed by atoms with E-state index in [1.54, 1.807) is 23.9 Å². The molecule has 0 spiro atoms. The molecule has 1 aromatic carbocycles. The van der Waals surface area contributed by atoms with Crippen LogP contribution in [0.15, 0.2) is 23.1 Å². The highest BCUT2D eigenvalue weighted by atomic mass is 35.5. The van der Waals surface area contributed by atoms with Gasteiger partial charge in [-0.3, -0.25) is 4.79 Å². The fourth-order valence-electron chi connectivity index (χ4n) is 1.44. The van der Waals surface area contributed by atoms with Crippen molar-refractivity contribution in [1.29, 1.82) is 0 Å². The highest BCUT2D eigenvalue weighted by Crippen LogP contribution is 2.36. The van der Waals surface area contributed by atoms with E-state index in [2.05, 4.69) is 19.2 Å². The molecule has 0 saturated carbocycles. The maximum Gasteiger partial charge on any atom is 0.243 e. The third kappa shape index (κ3) is 5.89. The summed E-state index contributed by atoms with van der Waals surface area (Å²) in [4.78, 5) is 12.7. The maximum absolute atomic E-state index is 11.9. The number of methoxy groups -OCH3 is 1. The van der Waals surface area contributed by atoms with Gasteiger partial charge in [0.25, 0.3) is 0 Å². The lowest BCUT2D eigenvalue weighted by Gasteiger charge is -2.16. The number of amides is 1. The molecule has 0 aliphatic heterocycles. The van der Waals surface area contributed by atoms with E-state index in [0.717, 1.165) is 4.90 Å². The van der Waals surface area contributed by atoms with Crippen LogP contribution in [0.5, 0.6) is 0 Å². The van der Waals surface area contributed by atoms with Gasteiger partial charge in [-0.05, 0) is 12.1 Å². The van der Waals surface area contributed by atoms with Gasteiger partial charge in [0, 0.05) is 17.3 Å². The van der Waals surface area contributed by atoms with Crippen molar-refractivity contribution in [1.82, 2.24) is 0 Å². The smallest absolute Gasteiger partial charge is 0.243 e. The molecule has 1 amide bonds. The van der Waals surface area contributed by atoms with E-state index < -0.39 is 6.04 Å². The normalized spacial score (nSPS) is 11.9. The number of nitrogens with two attached hydrogens (primary N) is 1. The Kier molecular flexibility index (Phi) is 9.25. The number of thioether (sulfide) groups is 1. The Balaban J connectivity index is 0.00000361. The first-order chi connectivity index (χ1) is 8.95. The van der Waals surface area contributed by atoms with Crippen LogP contribution >= 0.6 is 35.8 Å². The summed E-state index contributed by atoms with van der Waals surface area (Å²) in [6.45, 7) is 4.31. The molecule has 0 aliphatic carbocycles. The van der Waals surface area contributed by atoms with E-state index in [1.165, 1.54) is 7.11 Å². The summed E-state index contributed by atoms with van der Waals surface area (Å²) in [6.07, 6.45) is 0. The lowest BCUT2D eigenvalue weighted by Crippen LogP contribution is -2.39. The average Bonchev–Trinajstić information content (AvgIpc) is 2.33. The van der Waals surface area contributed by atoms with Crippen LogP contribution in [0.1, 0.15) is 13.8 Å². The second kappa shape index (κ2) is 9.47. The summed E-state index contributed by atoms with van der Waals surface area (Å²) in [5, 5.41) is 3.78. The average molecular weight is 339 g/mol. The fourth-order valence-corrected chi connectivity index (χ4v) is 2.65. The Bertz CT molecular complexity index is 444. The van der Waals surface area contributed by atoms with Crippen molar-refractivity contribution in [2.24, 2.45) is 5.73 Å². The summed E-state index contributed by atoms with van der Waals surface area (Å²) in [7, 11) is 1.51. The number of carbonyl (C=O) groups is 1. The number of nitrogens with one attached hydrogen (secondary N) is 1. The number of rotatable bonds is 6. The standard InChI is InChI=1S/C13H19ClN2O2S.ClH/c1-8(2)19-12-9(14)5-4-6-11(12)16-13(17)10(15)7-18-3;/h4-6,8,10H,7,15H2,1-3H3,(H,16,17);1H. The number of hydrogen-bond donors (Lipinski definition) is 2. The van der Waals surface area contributed by atoms with Crippen LogP contribution in [-0.4, -0.2) is 30.9 Å². The molecular weight excluding hydrogens is 319 g/mol. The molecule has 1 unspecified atom stereocenters. The van der Waals surface area contributed by atoms with Gasteiger partial charge < -0.3 is 15.8 Å². The minimum Gasteiger partial charge on any atom is -0.383 e. The zero-order valence-corrected chi connectivity index (χ0v) is 14.1. The topological polar surface area (TPSA) is 64.3 Å². The highest BCUT2D eigenvalue weighted by molar-refractivity contribution is 8.00. The van der Waals surface area contributed by atoms with Crippen LogP contribution in [0.2, 0.25) is 5.02 Å². The Hall–Kier alpha value is -0.460. The van der Waals surface area contributed by atoms with Crippen molar-refractivity contribution >= 4 is 47.4 Å². The molecule has 0 heterocycles. The van der Waals surface area contributed by atoms with Crippen LogP contribution in [0, 0.1) is 0 Å². The molecule has 1 atom stereocenters. The van der Waals surface area contributed by atoms with Crippen molar-refractivity contribution in [2.75, 3.05) is 19.0 Å². The molecule has 0 aromatic heterocycles. The second-order valence-corrected chi connectivity index (χ2v) is 6.33. The number of carbonyl (C=O) groups excluding carboxylic acids is 1. The van der Waals surface area contributed by atoms with Gasteiger partial charge in [0.2, 0.25) is 5.91 Å². The zero-order valence-electron chi connectivity index (χ0n) is 11.7. The quantitative estimate of drug-likeness (QED) is 0.782. The first kappa shape index (κ1) is 19.5. The van der Waals surface area contributed by atoms with Gasteiger partial charge in [-0.1, -0.05) is 31.5 Å². The third-order valence-electron chi connectivity index (χ3n) is 2.26. The molecule has 0 aliphatic rings. The summed E-state index contributed by atoms with van der Waals surface area (Å²) in [5.41, 5.74) is 6.37. The van der Waals surface area contributed by atoms with Crippen molar-refractivity contribution in [3.05, 3.63) is 23.2 Å². The molecule has 0 radical (unpaired) electrons. The van der Waals surface area contributed by atoms with Gasteiger partial charge in [0.05, 0.1) is 17.3 Å². The fraction of sp³-hybridized carbons (Fsp3) is 0.462. The Morgan fingerprint density at radius 2 is 2.15 bits per heavy atom. The summed E-state index contributed by atoms with van der Waals surface area (Å²) < 4.78 is 4.86. The summed E-state index contributed by atoms with van der Waals surface area (Å²) in [5.74, 6) is -0.283. The predicted molar refractivity (Wildman–Crippen MR) is 88.2 cm³/mol. The molecule has 0 fully saturated rings. The van der Waals surface area contributed by atoms with Gasteiger partial charge in [0.1, 0.15) is 6.04 Å². The molecule has 1 rings (SSSR count). The molecule has 7 heteroatoms. The van der Waals surface area contributed by atoms with Crippen molar-refractivity contribution in [2.45, 2.75) is 30.0 Å². The highest BCUT2D eigenvalue weighted by Gasteiger charge is 2.16. The second-order valence-electron chi connectivity index (χ2n) is 4.33. The lowest BCUT2D eigenvalue weighted by molar-refractivity contribution is -0.118. The first-order valence-corrected chi connectivity index (χ1v) is 7.22. The van der Waals surface area contributed by atoms with E-state index >= 15 is 0 Å². The van der Waals surface area contributed by atoms with Gasteiger partial charge >= 0.3 is 0 Å². The van der Waals surface area contributed by atoms with Crippen LogP contribution in [0.25, 0.3) is 0 Å². The molecule has 114 valence electrons. The summed E-state index contributed by atoms with van der Waals surface area (Å²) in [6, 6.07) is 4.72. The third-order valence-corrected chi connectivity index (χ3v) is 3.84. The summed E-state index contributed by atoms with van der Waals surface area (Å²) >= 11 is 7.77. The first-order valence-electron chi connectivity index (χ1n) is 5.96. The molecule has 0 saturated heterocycles. The number of anilines is 1. The molecule has 20 heavy (non-hydrogen) atoms. The van der Waals surface area contributed by atoms with Crippen LogP contribution in [0.3, 0.4) is 0 Å². The molecule has 3 N–H and O–H groups in total. The van der Waals surface area contributed by atoms with Gasteiger partial charge in [-0.25, -0.2) is 0 Å². The molecule has 1 aromatic rings. The zero-order chi connectivity index (χ0) is 14.4. The number of hydrogen-bond acceptors (Lipinski definition) is 4. The van der Waals surface area contributed by atoms with Gasteiger partial charge in [0.15, 0.2) is 0 Å². The van der Waals surface area contributed by atoms with Crippen LogP contribution < -0.4 is 11.1 Å². The lowest BCUT2D eigenvalue weighted by atomic mass is 10.2. The van der Waals surface area contributed by atoms with E-state index in [1.807, 2.05) is 6.07 Å². The van der Waals surface area contributed by atoms with Crippen LogP contribution in [0.4, 0.5) is 5.69 Å². The van der Waals surface area contributed by atoms with Gasteiger partial charge in [-0.2, -0.15) is 0 Å². The van der Waals surface area contributed by atoms with Crippen molar-refractivity contribution < 1.29 is 9.53 Å². The SMILES string of the molecule is COCC(N)C(=O)Nc1cccc(Cl)c1SC(C)C.Cl. The number of ether oxygens (including phenoxy) is 1. The van der Waals surface area contributed by atoms with E-state index in [-0.39, 0.29) is 24.9 Å². The Labute approximate surface area is 135 Å². The van der Waals surface area contributed by atoms with E-state index in [9.17, 15) is 4.79 Å². The minimum atomic E-state index is -0.694. The monoisotopic (exact) mass is 338 g/mol. The van der Waals surface area contributed by atoms with E-state index in [0.29, 0.717) is 16.0 Å². The Morgan fingerprint density at radius 3 is 2.70 bits per heavy atom. The predicted octanol–water partition coefficient (Wildman–Crippen LogP) is 3.17. The van der Waals surface area contributed by atoms with Crippen molar-refractivity contribution in [3.63, 3.8) is 0 Å². The molecule has 0 bridgehead atoms. The molecule has 4 nitrogen and oxygen atoms in total. The largest absolute Gasteiger partial charge is 0.383 e. The van der Waals surface area contributed by atoms with Crippen LogP contribution in [-0.2, 0) is 9.53 Å². The number of halogens is 2. The molecular formula is C13H20Cl2N2O2S. The minimum absolute atomic E-state index is 0.